The molecule has 1 atom stereocenters. The smallest absolute Gasteiger partial charge is 0.246 e. The zero-order valence-corrected chi connectivity index (χ0v) is 19.8. The van der Waals surface area contributed by atoms with Crippen LogP contribution in [0.5, 0.6) is 0 Å². The Hall–Kier alpha value is -4.68. The molecule has 0 spiro atoms. The highest BCUT2D eigenvalue weighted by Gasteiger charge is 2.34. The van der Waals surface area contributed by atoms with Gasteiger partial charge in [-0.05, 0) is 47.7 Å². The van der Waals surface area contributed by atoms with Crippen molar-refractivity contribution in [3.05, 3.63) is 138 Å². The van der Waals surface area contributed by atoms with Crippen molar-refractivity contribution in [2.45, 2.75) is 12.3 Å². The predicted octanol–water partition coefficient (Wildman–Crippen LogP) is 7.59. The summed E-state index contributed by atoms with van der Waals surface area (Å²) in [6.07, 6.45) is 0. The van der Waals surface area contributed by atoms with Gasteiger partial charge in [0.1, 0.15) is 11.2 Å². The van der Waals surface area contributed by atoms with Gasteiger partial charge >= 0.3 is 0 Å². The molecule has 0 saturated heterocycles. The molecule has 174 valence electrons. The van der Waals surface area contributed by atoms with Gasteiger partial charge in [-0.15, -0.1) is 0 Å². The first-order valence-corrected chi connectivity index (χ1v) is 11.8. The van der Waals surface area contributed by atoms with Crippen LogP contribution in [0.4, 0.5) is 10.1 Å². The van der Waals surface area contributed by atoms with Crippen molar-refractivity contribution in [2.24, 2.45) is 0 Å². The number of benzene rings is 5. The molecular formula is C33H24FNO. The minimum atomic E-state index is -1.30. The second-order valence-corrected chi connectivity index (χ2v) is 8.78. The number of hydrogen-bond acceptors (Lipinski definition) is 1. The highest BCUT2D eigenvalue weighted by Crippen LogP contribution is 2.32. The Morgan fingerprint density at radius 1 is 0.778 bits per heavy atom. The van der Waals surface area contributed by atoms with E-state index >= 15 is 4.39 Å². The maximum Gasteiger partial charge on any atom is 0.246 e. The van der Waals surface area contributed by atoms with E-state index in [-0.39, 0.29) is 5.91 Å². The average Bonchev–Trinajstić information content (AvgIpc) is 2.93. The molecule has 0 bridgehead atoms. The zero-order chi connectivity index (χ0) is 25.0. The van der Waals surface area contributed by atoms with Crippen LogP contribution in [-0.2, 0) is 10.2 Å². The van der Waals surface area contributed by atoms with E-state index < -0.39 is 11.2 Å². The lowest BCUT2D eigenvalue weighted by Crippen LogP contribution is -2.36. The van der Waals surface area contributed by atoms with Crippen molar-refractivity contribution in [2.75, 3.05) is 5.32 Å². The van der Waals surface area contributed by atoms with Crippen molar-refractivity contribution >= 4 is 22.4 Å². The van der Waals surface area contributed by atoms with E-state index in [1.807, 2.05) is 103 Å². The van der Waals surface area contributed by atoms with E-state index in [4.69, 9.17) is 0 Å². The number of amides is 1. The summed E-state index contributed by atoms with van der Waals surface area (Å²) in [6.45, 7) is 1.74. The topological polar surface area (TPSA) is 29.1 Å². The van der Waals surface area contributed by atoms with Gasteiger partial charge in [-0.25, -0.2) is 4.39 Å². The summed E-state index contributed by atoms with van der Waals surface area (Å²) < 4.78 is 15.3. The van der Waals surface area contributed by atoms with Crippen LogP contribution in [0.3, 0.4) is 0 Å². The molecule has 0 fully saturated rings. The van der Waals surface area contributed by atoms with Crippen molar-refractivity contribution in [1.29, 1.82) is 0 Å². The number of fused-ring (bicyclic) bond motifs is 1. The molecular weight excluding hydrogens is 445 g/mol. The molecule has 36 heavy (non-hydrogen) atoms. The fourth-order valence-corrected chi connectivity index (χ4v) is 4.24. The fourth-order valence-electron chi connectivity index (χ4n) is 4.24. The van der Waals surface area contributed by atoms with Gasteiger partial charge in [-0.2, -0.15) is 0 Å². The molecule has 2 nitrogen and oxygen atoms in total. The van der Waals surface area contributed by atoms with Crippen molar-refractivity contribution in [1.82, 2.24) is 0 Å². The lowest BCUT2D eigenvalue weighted by atomic mass is 9.81. The largest absolute Gasteiger partial charge is 0.324 e. The van der Waals surface area contributed by atoms with Crippen LogP contribution < -0.4 is 5.32 Å². The molecule has 5 aromatic carbocycles. The SMILES string of the molecule is C[C@](C#Cc1ccccc1)(C(=O)Nc1cccc2ccccc12)c1ccc(-c2ccccc2)c(F)c1. The van der Waals surface area contributed by atoms with Gasteiger partial charge in [0.15, 0.2) is 0 Å². The van der Waals surface area contributed by atoms with E-state index in [2.05, 4.69) is 17.2 Å². The molecule has 0 unspecified atom stereocenters. The highest BCUT2D eigenvalue weighted by molar-refractivity contribution is 6.07. The molecule has 0 aliphatic rings. The van der Waals surface area contributed by atoms with Crippen molar-refractivity contribution < 1.29 is 9.18 Å². The van der Waals surface area contributed by atoms with Gasteiger partial charge in [0.05, 0.1) is 0 Å². The minimum absolute atomic E-state index is 0.325. The quantitative estimate of drug-likeness (QED) is 0.270. The number of anilines is 1. The Labute approximate surface area is 210 Å². The van der Waals surface area contributed by atoms with Crippen LogP contribution in [0.1, 0.15) is 18.1 Å². The Balaban J connectivity index is 1.58. The second-order valence-electron chi connectivity index (χ2n) is 8.78. The summed E-state index contributed by atoms with van der Waals surface area (Å²) in [4.78, 5) is 13.8. The molecule has 1 amide bonds. The Kier molecular flexibility index (Phi) is 6.34. The average molecular weight is 470 g/mol. The Morgan fingerprint density at radius 3 is 2.19 bits per heavy atom. The summed E-state index contributed by atoms with van der Waals surface area (Å²) in [7, 11) is 0. The van der Waals surface area contributed by atoms with Gasteiger partial charge in [-0.3, -0.25) is 4.79 Å². The van der Waals surface area contributed by atoms with Crippen LogP contribution in [0.15, 0.2) is 121 Å². The third-order valence-electron chi connectivity index (χ3n) is 6.35. The highest BCUT2D eigenvalue weighted by atomic mass is 19.1. The van der Waals surface area contributed by atoms with Gasteiger partial charge in [0, 0.05) is 22.2 Å². The third-order valence-corrected chi connectivity index (χ3v) is 6.35. The summed E-state index contributed by atoms with van der Waals surface area (Å²) in [6, 6.07) is 37.4. The summed E-state index contributed by atoms with van der Waals surface area (Å²) in [5.41, 5.74) is 1.91. The summed E-state index contributed by atoms with van der Waals surface area (Å²) in [5.74, 6) is 5.55. The molecule has 0 aliphatic carbocycles. The summed E-state index contributed by atoms with van der Waals surface area (Å²) in [5, 5.41) is 5.01. The molecule has 0 saturated carbocycles. The van der Waals surface area contributed by atoms with Crippen molar-refractivity contribution in [3.8, 4) is 23.0 Å². The second kappa shape index (κ2) is 9.90. The van der Waals surface area contributed by atoms with Gasteiger partial charge in [-0.1, -0.05) is 109 Å². The lowest BCUT2D eigenvalue weighted by Gasteiger charge is -2.24. The molecule has 0 heterocycles. The van der Waals surface area contributed by atoms with E-state index in [9.17, 15) is 4.79 Å². The number of carbonyl (C=O) groups excluding carboxylic acids is 1. The van der Waals surface area contributed by atoms with Crippen LogP contribution in [0.2, 0.25) is 0 Å². The third kappa shape index (κ3) is 4.62. The molecule has 0 aromatic heterocycles. The first-order valence-electron chi connectivity index (χ1n) is 11.8. The Morgan fingerprint density at radius 2 is 1.44 bits per heavy atom. The first-order chi connectivity index (χ1) is 17.5. The van der Waals surface area contributed by atoms with E-state index in [0.29, 0.717) is 16.8 Å². The number of halogens is 1. The number of hydrogen-bond donors (Lipinski definition) is 1. The monoisotopic (exact) mass is 469 g/mol. The number of rotatable bonds is 4. The number of nitrogens with one attached hydrogen (secondary N) is 1. The van der Waals surface area contributed by atoms with Gasteiger partial charge < -0.3 is 5.32 Å². The Bertz CT molecular complexity index is 1590. The fraction of sp³-hybridized carbons (Fsp3) is 0.0606. The normalized spacial score (nSPS) is 12.3. The van der Waals surface area contributed by atoms with Crippen LogP contribution in [0, 0.1) is 17.7 Å². The number of carbonyl (C=O) groups is 1. The van der Waals surface area contributed by atoms with E-state index in [1.165, 1.54) is 6.07 Å². The molecule has 1 N–H and O–H groups in total. The predicted molar refractivity (Wildman–Crippen MR) is 145 cm³/mol. The van der Waals surface area contributed by atoms with Crippen LogP contribution in [0.25, 0.3) is 21.9 Å². The van der Waals surface area contributed by atoms with Crippen LogP contribution >= 0.6 is 0 Å². The lowest BCUT2D eigenvalue weighted by molar-refractivity contribution is -0.119. The first kappa shape index (κ1) is 23.1. The molecule has 5 aromatic rings. The van der Waals surface area contributed by atoms with E-state index in [0.717, 1.165) is 21.9 Å². The maximum atomic E-state index is 15.3. The molecule has 0 radical (unpaired) electrons. The van der Waals surface area contributed by atoms with E-state index in [1.54, 1.807) is 19.1 Å². The zero-order valence-electron chi connectivity index (χ0n) is 19.8. The van der Waals surface area contributed by atoms with Gasteiger partial charge in [0.2, 0.25) is 5.91 Å². The van der Waals surface area contributed by atoms with Crippen molar-refractivity contribution in [3.63, 3.8) is 0 Å². The minimum Gasteiger partial charge on any atom is -0.324 e. The molecule has 3 heteroatoms. The molecule has 0 aliphatic heterocycles. The van der Waals surface area contributed by atoms with Gasteiger partial charge in [0.25, 0.3) is 0 Å². The standard InChI is InChI=1S/C33H24FNO/c1-33(22-21-24-11-4-2-5-12-24,27-19-20-28(30(34)23-27)25-13-6-3-7-14-25)32(36)35-31-18-10-16-26-15-8-9-17-29(26)31/h2-20,23H,1H3,(H,35,36)/t33-/m1/s1. The summed E-state index contributed by atoms with van der Waals surface area (Å²) >= 11 is 0. The molecule has 5 rings (SSSR count). The van der Waals surface area contributed by atoms with Crippen LogP contribution in [-0.4, -0.2) is 5.91 Å². The maximum absolute atomic E-state index is 15.3.